The van der Waals surface area contributed by atoms with Crippen LogP contribution < -0.4 is 5.32 Å². The van der Waals surface area contributed by atoms with Crippen LogP contribution >= 0.6 is 0 Å². The Morgan fingerprint density at radius 3 is 2.39 bits per heavy atom. The van der Waals surface area contributed by atoms with E-state index in [0.717, 1.165) is 18.4 Å². The van der Waals surface area contributed by atoms with Gasteiger partial charge in [-0.1, -0.05) is 48.9 Å². The Morgan fingerprint density at radius 2 is 1.78 bits per heavy atom. The largest absolute Gasteiger partial charge is 0.355 e. The van der Waals surface area contributed by atoms with Crippen molar-refractivity contribution < 1.29 is 9.18 Å². The average Bonchev–Trinajstić information content (AvgIpc) is 2.57. The fraction of sp³-hybridized carbons (Fsp3) is 0.350. The second-order valence-corrected chi connectivity index (χ2v) is 6.53. The van der Waals surface area contributed by atoms with Crippen LogP contribution in [0.2, 0.25) is 0 Å². The lowest BCUT2D eigenvalue weighted by Crippen LogP contribution is -2.49. The minimum Gasteiger partial charge on any atom is -0.355 e. The topological polar surface area (TPSA) is 29.1 Å². The first-order chi connectivity index (χ1) is 11.0. The molecular weight excluding hydrogens is 289 g/mol. The Bertz CT molecular complexity index is 693. The molecule has 1 fully saturated rings. The number of carbonyl (C=O) groups excluding carboxylic acids is 1. The number of halogens is 1. The minimum absolute atomic E-state index is 0.0350. The number of piperidine rings is 1. The second-order valence-electron chi connectivity index (χ2n) is 6.53. The van der Waals surface area contributed by atoms with Crippen LogP contribution in [-0.2, 0) is 10.2 Å². The summed E-state index contributed by atoms with van der Waals surface area (Å²) >= 11 is 0. The minimum atomic E-state index is -0.273. The average molecular weight is 311 g/mol. The van der Waals surface area contributed by atoms with E-state index in [2.05, 4.69) is 43.4 Å². The maximum Gasteiger partial charge on any atom is 0.227 e. The number of carbonyl (C=O) groups is 1. The quantitative estimate of drug-likeness (QED) is 0.909. The molecule has 1 aliphatic rings. The van der Waals surface area contributed by atoms with Crippen molar-refractivity contribution in [3.63, 3.8) is 0 Å². The van der Waals surface area contributed by atoms with Gasteiger partial charge >= 0.3 is 0 Å². The van der Waals surface area contributed by atoms with Crippen molar-refractivity contribution in [3.05, 3.63) is 71.0 Å². The summed E-state index contributed by atoms with van der Waals surface area (Å²) in [5.74, 6) is -0.469. The summed E-state index contributed by atoms with van der Waals surface area (Å²) in [5.41, 5.74) is 3.31. The lowest BCUT2D eigenvalue weighted by Gasteiger charge is -2.41. The van der Waals surface area contributed by atoms with Crippen LogP contribution in [0.4, 0.5) is 4.39 Å². The lowest BCUT2D eigenvalue weighted by atomic mass is 9.68. The fourth-order valence-electron chi connectivity index (χ4n) is 3.50. The van der Waals surface area contributed by atoms with Crippen LogP contribution in [0.5, 0.6) is 0 Å². The molecule has 120 valence electrons. The SMILES string of the molecule is CCC1(c2ccc(C)cc2)CNC(=O)C(c2ccc(F)cc2)C1. The Morgan fingerprint density at radius 1 is 1.13 bits per heavy atom. The maximum absolute atomic E-state index is 13.2. The van der Waals surface area contributed by atoms with Crippen molar-refractivity contribution in [2.24, 2.45) is 0 Å². The predicted octanol–water partition coefficient (Wildman–Crippen LogP) is 4.09. The van der Waals surface area contributed by atoms with Crippen molar-refractivity contribution in [2.75, 3.05) is 6.54 Å². The van der Waals surface area contributed by atoms with Crippen LogP contribution in [0.3, 0.4) is 0 Å². The van der Waals surface area contributed by atoms with Gasteiger partial charge in [0.05, 0.1) is 5.92 Å². The van der Waals surface area contributed by atoms with Gasteiger partial charge in [0, 0.05) is 12.0 Å². The summed E-state index contributed by atoms with van der Waals surface area (Å²) in [6, 6.07) is 14.9. The highest BCUT2D eigenvalue weighted by molar-refractivity contribution is 5.85. The third-order valence-electron chi connectivity index (χ3n) is 5.13. The third-order valence-corrected chi connectivity index (χ3v) is 5.13. The molecule has 2 unspecified atom stereocenters. The van der Waals surface area contributed by atoms with E-state index in [-0.39, 0.29) is 23.1 Å². The molecule has 0 bridgehead atoms. The van der Waals surface area contributed by atoms with E-state index in [4.69, 9.17) is 0 Å². The highest BCUT2D eigenvalue weighted by Gasteiger charge is 2.40. The van der Waals surface area contributed by atoms with Crippen molar-refractivity contribution in [2.45, 2.75) is 38.0 Å². The van der Waals surface area contributed by atoms with E-state index in [0.29, 0.717) is 6.54 Å². The first-order valence-corrected chi connectivity index (χ1v) is 8.14. The molecule has 3 rings (SSSR count). The van der Waals surface area contributed by atoms with Crippen LogP contribution in [0.15, 0.2) is 48.5 Å². The lowest BCUT2D eigenvalue weighted by molar-refractivity contribution is -0.125. The molecule has 0 saturated carbocycles. The summed E-state index contributed by atoms with van der Waals surface area (Å²) in [4.78, 5) is 12.4. The Hall–Kier alpha value is -2.16. The van der Waals surface area contributed by atoms with Gasteiger partial charge in [-0.25, -0.2) is 4.39 Å². The molecule has 1 amide bonds. The zero-order chi connectivity index (χ0) is 16.4. The molecule has 1 heterocycles. The number of aryl methyl sites for hydroxylation is 1. The van der Waals surface area contributed by atoms with Crippen molar-refractivity contribution >= 4 is 5.91 Å². The molecule has 2 nitrogen and oxygen atoms in total. The molecule has 2 aromatic carbocycles. The van der Waals surface area contributed by atoms with Crippen LogP contribution in [-0.4, -0.2) is 12.5 Å². The Kier molecular flexibility index (Phi) is 4.20. The van der Waals surface area contributed by atoms with E-state index in [1.54, 1.807) is 12.1 Å². The Labute approximate surface area is 136 Å². The van der Waals surface area contributed by atoms with Crippen LogP contribution in [0.25, 0.3) is 0 Å². The number of nitrogens with one attached hydrogen (secondary N) is 1. The summed E-state index contributed by atoms with van der Waals surface area (Å²) < 4.78 is 13.2. The van der Waals surface area contributed by atoms with Gasteiger partial charge in [0.15, 0.2) is 0 Å². The molecule has 1 aliphatic heterocycles. The molecule has 0 aliphatic carbocycles. The van der Waals surface area contributed by atoms with Crippen LogP contribution in [0, 0.1) is 12.7 Å². The summed E-state index contributed by atoms with van der Waals surface area (Å²) in [7, 11) is 0. The molecule has 0 spiro atoms. The summed E-state index contributed by atoms with van der Waals surface area (Å²) in [6.07, 6.45) is 1.71. The second kappa shape index (κ2) is 6.15. The van der Waals surface area contributed by atoms with Crippen molar-refractivity contribution in [1.29, 1.82) is 0 Å². The first-order valence-electron chi connectivity index (χ1n) is 8.14. The number of benzene rings is 2. The smallest absolute Gasteiger partial charge is 0.227 e. The molecule has 2 atom stereocenters. The number of amides is 1. The highest BCUT2D eigenvalue weighted by Crippen LogP contribution is 2.40. The van der Waals surface area contributed by atoms with Gasteiger partial charge in [-0.2, -0.15) is 0 Å². The van der Waals surface area contributed by atoms with Gasteiger partial charge in [0.25, 0.3) is 0 Å². The monoisotopic (exact) mass is 311 g/mol. The molecule has 0 aromatic heterocycles. The molecule has 2 aromatic rings. The van der Waals surface area contributed by atoms with Gasteiger partial charge in [0.2, 0.25) is 5.91 Å². The number of rotatable bonds is 3. The molecule has 1 N–H and O–H groups in total. The predicted molar refractivity (Wildman–Crippen MR) is 89.9 cm³/mol. The van der Waals surface area contributed by atoms with E-state index >= 15 is 0 Å². The van der Waals surface area contributed by atoms with Gasteiger partial charge in [-0.15, -0.1) is 0 Å². The molecule has 0 radical (unpaired) electrons. The third kappa shape index (κ3) is 3.00. The molecule has 23 heavy (non-hydrogen) atoms. The molecule has 3 heteroatoms. The van der Waals surface area contributed by atoms with Gasteiger partial charge < -0.3 is 5.32 Å². The van der Waals surface area contributed by atoms with Gasteiger partial charge in [-0.3, -0.25) is 4.79 Å². The highest BCUT2D eigenvalue weighted by atomic mass is 19.1. The number of hydrogen-bond acceptors (Lipinski definition) is 1. The summed E-state index contributed by atoms with van der Waals surface area (Å²) in [6.45, 7) is 4.90. The summed E-state index contributed by atoms with van der Waals surface area (Å²) in [5, 5.41) is 3.07. The van der Waals surface area contributed by atoms with Crippen molar-refractivity contribution in [3.8, 4) is 0 Å². The molecule has 1 saturated heterocycles. The Balaban J connectivity index is 1.95. The van der Waals surface area contributed by atoms with E-state index in [1.165, 1.54) is 23.3 Å². The van der Waals surface area contributed by atoms with Crippen LogP contribution in [0.1, 0.15) is 42.4 Å². The fourth-order valence-corrected chi connectivity index (χ4v) is 3.50. The van der Waals surface area contributed by atoms with E-state index in [9.17, 15) is 9.18 Å². The maximum atomic E-state index is 13.2. The zero-order valence-corrected chi connectivity index (χ0v) is 13.6. The first kappa shape index (κ1) is 15.7. The molecular formula is C20H22FNO. The van der Waals surface area contributed by atoms with Crippen molar-refractivity contribution in [1.82, 2.24) is 5.32 Å². The van der Waals surface area contributed by atoms with Gasteiger partial charge in [-0.05, 0) is 43.0 Å². The number of hydrogen-bond donors (Lipinski definition) is 1. The van der Waals surface area contributed by atoms with E-state index in [1.807, 2.05) is 0 Å². The van der Waals surface area contributed by atoms with Gasteiger partial charge in [0.1, 0.15) is 5.82 Å². The van der Waals surface area contributed by atoms with E-state index < -0.39 is 0 Å². The normalized spacial score (nSPS) is 24.3. The standard InChI is InChI=1S/C20H22FNO/c1-3-20(16-8-4-14(2)5-9-16)12-18(19(23)22-13-20)15-6-10-17(21)11-7-15/h4-11,18H,3,12-13H2,1-2H3,(H,22,23). The zero-order valence-electron chi connectivity index (χ0n) is 13.6.